The number of benzene rings is 2. The number of unbranched alkanes of at least 4 members (excludes halogenated alkanes) is 3. The molecule has 256 valence electrons. The Kier molecular flexibility index (Phi) is 14.6. The first-order valence-corrected chi connectivity index (χ1v) is 16.5. The fraction of sp³-hybridized carbons (Fsp3) is 0.514. The molecule has 1 fully saturated rings. The maximum atomic E-state index is 13.5. The minimum Gasteiger partial charge on any atom is -0.461 e. The van der Waals surface area contributed by atoms with Crippen LogP contribution in [0.4, 0.5) is 10.5 Å². The van der Waals surface area contributed by atoms with Crippen LogP contribution >= 0.6 is 0 Å². The molecular formula is C37H51N3O7. The van der Waals surface area contributed by atoms with Crippen molar-refractivity contribution in [2.24, 2.45) is 10.9 Å². The SMILES string of the molecule is C=Cc1cc(NC(=O)C(CNC(=O)OC(C)(C)C)c2ccc(COC(=O)CCCCCC[C@@H]3CC(O)CC3O)cc2)ccc1/C=N\C. The number of hydrogen-bond acceptors (Lipinski definition) is 8. The van der Waals surface area contributed by atoms with E-state index < -0.39 is 23.7 Å². The van der Waals surface area contributed by atoms with Crippen LogP contribution in [0.25, 0.3) is 6.08 Å². The minimum atomic E-state index is -0.731. The number of carbonyl (C=O) groups excluding carboxylic acids is 3. The average Bonchev–Trinajstić information content (AvgIpc) is 3.34. The molecule has 47 heavy (non-hydrogen) atoms. The molecule has 0 saturated heterocycles. The Labute approximate surface area is 278 Å². The Balaban J connectivity index is 1.54. The van der Waals surface area contributed by atoms with Crippen molar-refractivity contribution in [3.63, 3.8) is 0 Å². The molecule has 2 aromatic carbocycles. The Hall–Kier alpha value is -4.02. The molecule has 0 aromatic heterocycles. The molecule has 3 rings (SSSR count). The third-order valence-corrected chi connectivity index (χ3v) is 8.13. The second-order valence-electron chi connectivity index (χ2n) is 13.2. The first-order chi connectivity index (χ1) is 22.4. The molecule has 0 aliphatic heterocycles. The maximum Gasteiger partial charge on any atom is 0.407 e. The van der Waals surface area contributed by atoms with E-state index in [1.807, 2.05) is 12.1 Å². The van der Waals surface area contributed by atoms with Crippen molar-refractivity contribution in [1.29, 1.82) is 0 Å². The zero-order valence-corrected chi connectivity index (χ0v) is 28.2. The van der Waals surface area contributed by atoms with Crippen molar-refractivity contribution >= 4 is 35.9 Å². The van der Waals surface area contributed by atoms with Gasteiger partial charge in [0.1, 0.15) is 12.2 Å². The van der Waals surface area contributed by atoms with E-state index in [-0.39, 0.29) is 37.0 Å². The Morgan fingerprint density at radius 3 is 2.38 bits per heavy atom. The highest BCUT2D eigenvalue weighted by molar-refractivity contribution is 5.97. The number of hydrogen-bond donors (Lipinski definition) is 4. The summed E-state index contributed by atoms with van der Waals surface area (Å²) < 4.78 is 10.8. The summed E-state index contributed by atoms with van der Waals surface area (Å²) in [6.07, 6.45) is 7.96. The van der Waals surface area contributed by atoms with Crippen molar-refractivity contribution in [3.8, 4) is 0 Å². The lowest BCUT2D eigenvalue weighted by molar-refractivity contribution is -0.145. The largest absolute Gasteiger partial charge is 0.461 e. The van der Waals surface area contributed by atoms with E-state index >= 15 is 0 Å². The number of ether oxygens (including phenoxy) is 2. The molecule has 4 atom stereocenters. The van der Waals surface area contributed by atoms with Crippen LogP contribution in [0.3, 0.4) is 0 Å². The number of rotatable bonds is 16. The fourth-order valence-corrected chi connectivity index (χ4v) is 5.67. The van der Waals surface area contributed by atoms with Gasteiger partial charge >= 0.3 is 12.1 Å². The summed E-state index contributed by atoms with van der Waals surface area (Å²) in [6.45, 7) is 9.28. The summed E-state index contributed by atoms with van der Waals surface area (Å²) in [5, 5.41) is 25.3. The van der Waals surface area contributed by atoms with E-state index in [4.69, 9.17) is 9.47 Å². The molecule has 2 amide bonds. The van der Waals surface area contributed by atoms with Crippen molar-refractivity contribution in [2.45, 2.75) is 102 Å². The standard InChI is InChI=1S/C37H51N3O7/c1-6-26-19-30(18-17-29(26)22-38-5)40-35(44)32(23-39-36(45)47-37(2,3)4)27-15-13-25(14-16-27)24-46-34(43)12-10-8-7-9-11-28-20-31(41)21-33(28)42/h6,13-19,22,28,31-33,41-42H,1,7-12,20-21,23-24H2,2-5H3,(H,39,45)(H,40,44)/b38-22-/t28-,31?,32?,33?/m1/s1. The second-order valence-corrected chi connectivity index (χ2v) is 13.2. The van der Waals surface area contributed by atoms with E-state index in [0.29, 0.717) is 30.5 Å². The minimum absolute atomic E-state index is 0.00710. The van der Waals surface area contributed by atoms with Crippen LogP contribution in [-0.4, -0.2) is 65.8 Å². The molecule has 0 bridgehead atoms. The van der Waals surface area contributed by atoms with Gasteiger partial charge < -0.3 is 30.3 Å². The van der Waals surface area contributed by atoms with E-state index in [2.05, 4.69) is 22.2 Å². The van der Waals surface area contributed by atoms with Crippen molar-refractivity contribution in [2.75, 3.05) is 18.9 Å². The molecule has 0 heterocycles. The first-order valence-electron chi connectivity index (χ1n) is 16.5. The number of aliphatic hydroxyl groups is 2. The topological polar surface area (TPSA) is 147 Å². The van der Waals surface area contributed by atoms with Crippen LogP contribution < -0.4 is 10.6 Å². The smallest absolute Gasteiger partial charge is 0.407 e. The fourth-order valence-electron chi connectivity index (χ4n) is 5.67. The van der Waals surface area contributed by atoms with E-state index in [9.17, 15) is 24.6 Å². The number of anilines is 1. The maximum absolute atomic E-state index is 13.5. The molecule has 4 N–H and O–H groups in total. The highest BCUT2D eigenvalue weighted by atomic mass is 16.6. The number of nitrogens with one attached hydrogen (secondary N) is 2. The third kappa shape index (κ3) is 13.0. The number of nitrogens with zero attached hydrogens (tertiary/aromatic N) is 1. The number of esters is 1. The van der Waals surface area contributed by atoms with Crippen LogP contribution in [0, 0.1) is 5.92 Å². The molecule has 1 aliphatic carbocycles. The van der Waals surface area contributed by atoms with Gasteiger partial charge in [-0.1, -0.05) is 62.2 Å². The molecule has 3 unspecified atom stereocenters. The molecular weight excluding hydrogens is 598 g/mol. The molecule has 1 aliphatic rings. The number of carbonyl (C=O) groups is 3. The number of amides is 2. The van der Waals surface area contributed by atoms with Crippen LogP contribution in [0.15, 0.2) is 54.0 Å². The molecule has 0 spiro atoms. The third-order valence-electron chi connectivity index (χ3n) is 8.13. The zero-order chi connectivity index (χ0) is 34.4. The summed E-state index contributed by atoms with van der Waals surface area (Å²) in [4.78, 5) is 42.3. The number of aliphatic imine (C=N–C) groups is 1. The van der Waals surface area contributed by atoms with Gasteiger partial charge in [0.25, 0.3) is 0 Å². The van der Waals surface area contributed by atoms with Gasteiger partial charge in [0.15, 0.2) is 0 Å². The molecule has 10 heteroatoms. The Morgan fingerprint density at radius 1 is 1.02 bits per heavy atom. The zero-order valence-electron chi connectivity index (χ0n) is 28.2. The predicted octanol–water partition coefficient (Wildman–Crippen LogP) is 6.14. The monoisotopic (exact) mass is 649 g/mol. The van der Waals surface area contributed by atoms with Crippen molar-refractivity contribution in [1.82, 2.24) is 5.32 Å². The van der Waals surface area contributed by atoms with E-state index in [1.54, 1.807) is 70.4 Å². The lowest BCUT2D eigenvalue weighted by atomic mass is 9.96. The highest BCUT2D eigenvalue weighted by Crippen LogP contribution is 2.30. The van der Waals surface area contributed by atoms with Gasteiger partial charge in [0.05, 0.1) is 18.1 Å². The van der Waals surface area contributed by atoms with Crippen molar-refractivity contribution in [3.05, 3.63) is 71.3 Å². The van der Waals surface area contributed by atoms with Crippen molar-refractivity contribution < 1.29 is 34.1 Å². The van der Waals surface area contributed by atoms with Crippen LogP contribution in [-0.2, 0) is 25.7 Å². The predicted molar refractivity (Wildman–Crippen MR) is 184 cm³/mol. The molecule has 0 radical (unpaired) electrons. The van der Waals surface area contributed by atoms with Crippen LogP contribution in [0.1, 0.15) is 100 Å². The lowest BCUT2D eigenvalue weighted by Gasteiger charge is -2.22. The lowest BCUT2D eigenvalue weighted by Crippen LogP contribution is -2.37. The van der Waals surface area contributed by atoms with Gasteiger partial charge in [-0.25, -0.2) is 4.79 Å². The van der Waals surface area contributed by atoms with Gasteiger partial charge in [0.2, 0.25) is 5.91 Å². The van der Waals surface area contributed by atoms with Gasteiger partial charge in [-0.15, -0.1) is 0 Å². The number of alkyl carbamates (subject to hydrolysis) is 1. The van der Waals surface area contributed by atoms with E-state index in [1.165, 1.54) is 0 Å². The molecule has 10 nitrogen and oxygen atoms in total. The van der Waals surface area contributed by atoms with E-state index in [0.717, 1.165) is 48.8 Å². The van der Waals surface area contributed by atoms with Crippen LogP contribution in [0.5, 0.6) is 0 Å². The number of aliphatic hydroxyl groups excluding tert-OH is 2. The first kappa shape index (κ1) is 37.4. The second kappa shape index (κ2) is 18.4. The summed E-state index contributed by atoms with van der Waals surface area (Å²) in [7, 11) is 1.68. The van der Waals surface area contributed by atoms with Crippen LogP contribution in [0.2, 0.25) is 0 Å². The quantitative estimate of drug-likeness (QED) is 0.0971. The van der Waals surface area contributed by atoms with Gasteiger partial charge in [-0.3, -0.25) is 14.6 Å². The molecule has 2 aromatic rings. The van der Waals surface area contributed by atoms with Gasteiger partial charge in [-0.05, 0) is 86.8 Å². The highest BCUT2D eigenvalue weighted by Gasteiger charge is 2.31. The van der Waals surface area contributed by atoms with Gasteiger partial charge in [0, 0.05) is 31.9 Å². The molecule has 1 saturated carbocycles. The summed E-state index contributed by atoms with van der Waals surface area (Å²) >= 11 is 0. The summed E-state index contributed by atoms with van der Waals surface area (Å²) in [5.74, 6) is -1.14. The Morgan fingerprint density at radius 2 is 1.74 bits per heavy atom. The normalized spacial score (nSPS) is 18.5. The van der Waals surface area contributed by atoms with Gasteiger partial charge in [-0.2, -0.15) is 0 Å². The average molecular weight is 650 g/mol. The summed E-state index contributed by atoms with van der Waals surface area (Å²) in [5.41, 5.74) is 3.04. The summed E-state index contributed by atoms with van der Waals surface area (Å²) in [6, 6.07) is 12.6. The Bertz CT molecular complexity index is 1370.